The summed E-state index contributed by atoms with van der Waals surface area (Å²) in [7, 11) is 0. The molecular weight excluding hydrogens is 491 g/mol. The number of fused-ring (bicyclic) bond motifs is 3. The van der Waals surface area contributed by atoms with Crippen LogP contribution in [0.25, 0.3) is 33.1 Å². The van der Waals surface area contributed by atoms with Gasteiger partial charge in [0, 0.05) is 16.5 Å². The van der Waals surface area contributed by atoms with Gasteiger partial charge in [-0.2, -0.15) is 9.50 Å². The molecule has 4 heterocycles. The van der Waals surface area contributed by atoms with E-state index in [1.807, 2.05) is 55.5 Å². The lowest BCUT2D eigenvalue weighted by Crippen LogP contribution is -2.32. The fourth-order valence-corrected chi connectivity index (χ4v) is 5.80. The molecular formula is C28H17FN4O3S. The molecule has 0 spiro atoms. The van der Waals surface area contributed by atoms with E-state index in [0.717, 1.165) is 33.4 Å². The summed E-state index contributed by atoms with van der Waals surface area (Å²) in [6, 6.07) is 21.0. The minimum atomic E-state index is -0.408. The standard InChI is InChI=1S/C28H17FN4O3S/c1-15-18-6-3-5-9-21(18)36-23(15)25-30-28-33(31-25)27(35)24(37-28)22-19-7-2-4-8-20(19)32(26(22)34)14-16-10-12-17(29)13-11-16/h2-13H,14H2,1H3/b24-22-. The maximum atomic E-state index is 13.6. The van der Waals surface area contributed by atoms with Crippen LogP contribution in [-0.4, -0.2) is 20.5 Å². The first-order valence-electron chi connectivity index (χ1n) is 11.6. The van der Waals surface area contributed by atoms with Gasteiger partial charge in [-0.15, -0.1) is 5.10 Å². The van der Waals surface area contributed by atoms with E-state index in [4.69, 9.17) is 4.42 Å². The Morgan fingerprint density at radius 3 is 2.51 bits per heavy atom. The SMILES string of the molecule is Cc1c(-c2nc3s/c(=C4\C(=O)N(Cc5ccc(F)cc5)c5ccccc54)c(=O)n3n2)oc2ccccc12. The van der Waals surface area contributed by atoms with E-state index >= 15 is 0 Å². The van der Waals surface area contributed by atoms with Gasteiger partial charge in [-0.1, -0.05) is 59.9 Å². The molecule has 1 aliphatic heterocycles. The molecule has 1 aliphatic rings. The third-order valence-corrected chi connectivity index (χ3v) is 7.64. The van der Waals surface area contributed by atoms with Crippen molar-refractivity contribution >= 4 is 44.4 Å². The molecule has 7 rings (SSSR count). The van der Waals surface area contributed by atoms with Crippen molar-refractivity contribution in [3.63, 3.8) is 0 Å². The predicted octanol–water partition coefficient (Wildman–Crippen LogP) is 4.48. The van der Waals surface area contributed by atoms with E-state index in [9.17, 15) is 14.0 Å². The molecule has 0 fully saturated rings. The van der Waals surface area contributed by atoms with E-state index in [0.29, 0.717) is 33.4 Å². The fourth-order valence-electron chi connectivity index (χ4n) is 4.80. The summed E-state index contributed by atoms with van der Waals surface area (Å²) in [5.41, 5.74) is 3.68. The van der Waals surface area contributed by atoms with E-state index in [2.05, 4.69) is 10.1 Å². The largest absolute Gasteiger partial charge is 0.452 e. The highest BCUT2D eigenvalue weighted by molar-refractivity contribution is 7.15. The Bertz CT molecular complexity index is 1990. The van der Waals surface area contributed by atoms with Crippen LogP contribution >= 0.6 is 11.3 Å². The lowest BCUT2D eigenvalue weighted by atomic mass is 10.1. The number of hydrogen-bond donors (Lipinski definition) is 0. The third-order valence-electron chi connectivity index (χ3n) is 6.61. The van der Waals surface area contributed by atoms with Gasteiger partial charge >= 0.3 is 0 Å². The van der Waals surface area contributed by atoms with E-state index in [1.165, 1.54) is 16.6 Å². The zero-order chi connectivity index (χ0) is 25.3. The van der Waals surface area contributed by atoms with Crippen molar-refractivity contribution in [3.05, 3.63) is 110 Å². The van der Waals surface area contributed by atoms with Crippen LogP contribution in [0.4, 0.5) is 10.1 Å². The van der Waals surface area contributed by atoms with Gasteiger partial charge < -0.3 is 9.32 Å². The van der Waals surface area contributed by atoms with Gasteiger partial charge in [-0.3, -0.25) is 9.59 Å². The van der Waals surface area contributed by atoms with Crippen LogP contribution in [0.1, 0.15) is 16.7 Å². The van der Waals surface area contributed by atoms with Gasteiger partial charge in [0.25, 0.3) is 11.5 Å². The number of furan rings is 1. The minimum Gasteiger partial charge on any atom is -0.452 e. The molecule has 0 atom stereocenters. The first-order valence-corrected chi connectivity index (χ1v) is 12.4. The number of carbonyl (C=O) groups excluding carboxylic acids is 1. The Balaban J connectivity index is 1.36. The zero-order valence-electron chi connectivity index (χ0n) is 19.4. The van der Waals surface area contributed by atoms with Gasteiger partial charge in [0.05, 0.1) is 17.8 Å². The number of para-hydroxylation sites is 2. The molecule has 0 bridgehead atoms. The van der Waals surface area contributed by atoms with Crippen LogP contribution in [0.3, 0.4) is 0 Å². The second-order valence-electron chi connectivity index (χ2n) is 8.83. The fraction of sp³-hybridized carbons (Fsp3) is 0.0714. The normalized spacial score (nSPS) is 14.8. The molecule has 0 saturated heterocycles. The highest BCUT2D eigenvalue weighted by Gasteiger charge is 2.34. The number of anilines is 1. The molecule has 0 radical (unpaired) electrons. The number of aryl methyl sites for hydroxylation is 1. The Labute approximate surface area is 212 Å². The molecule has 3 aromatic heterocycles. The van der Waals surface area contributed by atoms with Crippen molar-refractivity contribution in [1.29, 1.82) is 0 Å². The van der Waals surface area contributed by atoms with Crippen LogP contribution in [-0.2, 0) is 11.3 Å². The lowest BCUT2D eigenvalue weighted by molar-refractivity contribution is -0.113. The van der Waals surface area contributed by atoms with E-state index in [-0.39, 0.29) is 22.8 Å². The quantitative estimate of drug-likeness (QED) is 0.352. The predicted molar refractivity (Wildman–Crippen MR) is 139 cm³/mol. The van der Waals surface area contributed by atoms with Crippen molar-refractivity contribution in [3.8, 4) is 11.6 Å². The molecule has 1 amide bonds. The summed E-state index contributed by atoms with van der Waals surface area (Å²) in [6.07, 6.45) is 0. The number of nitrogens with zero attached hydrogens (tertiary/aromatic N) is 4. The first-order chi connectivity index (χ1) is 18.0. The average Bonchev–Trinajstić information content (AvgIpc) is 3.62. The molecule has 7 nitrogen and oxygen atoms in total. The zero-order valence-corrected chi connectivity index (χ0v) is 20.3. The molecule has 180 valence electrons. The number of benzene rings is 3. The number of carbonyl (C=O) groups is 1. The Kier molecular flexibility index (Phi) is 4.64. The third kappa shape index (κ3) is 3.24. The molecule has 0 N–H and O–H groups in total. The maximum Gasteiger partial charge on any atom is 0.291 e. The minimum absolute atomic E-state index is 0.254. The highest BCUT2D eigenvalue weighted by atomic mass is 32.1. The second kappa shape index (κ2) is 7.94. The summed E-state index contributed by atoms with van der Waals surface area (Å²) in [5.74, 6) is 0.204. The summed E-state index contributed by atoms with van der Waals surface area (Å²) in [5, 5.41) is 5.40. The van der Waals surface area contributed by atoms with Gasteiger partial charge in [0.2, 0.25) is 10.8 Å². The molecule has 9 heteroatoms. The number of hydrogen-bond acceptors (Lipinski definition) is 6. The first kappa shape index (κ1) is 21.6. The smallest absolute Gasteiger partial charge is 0.291 e. The maximum absolute atomic E-state index is 13.6. The summed E-state index contributed by atoms with van der Waals surface area (Å²) < 4.78 is 20.9. The van der Waals surface area contributed by atoms with Crippen molar-refractivity contribution < 1.29 is 13.6 Å². The highest BCUT2D eigenvalue weighted by Crippen LogP contribution is 2.36. The van der Waals surface area contributed by atoms with Gasteiger partial charge in [0.1, 0.15) is 15.9 Å². The number of aromatic nitrogens is 3. The van der Waals surface area contributed by atoms with E-state index < -0.39 is 5.56 Å². The van der Waals surface area contributed by atoms with Crippen molar-refractivity contribution in [2.24, 2.45) is 0 Å². The molecule has 0 aliphatic carbocycles. The monoisotopic (exact) mass is 508 g/mol. The Morgan fingerprint density at radius 1 is 0.973 bits per heavy atom. The number of amides is 1. The van der Waals surface area contributed by atoms with Crippen molar-refractivity contribution in [2.75, 3.05) is 4.90 Å². The number of halogens is 1. The van der Waals surface area contributed by atoms with Gasteiger partial charge in [-0.05, 0) is 36.8 Å². The van der Waals surface area contributed by atoms with Crippen molar-refractivity contribution in [1.82, 2.24) is 14.6 Å². The van der Waals surface area contributed by atoms with Crippen LogP contribution in [0.2, 0.25) is 0 Å². The van der Waals surface area contributed by atoms with Crippen molar-refractivity contribution in [2.45, 2.75) is 13.5 Å². The van der Waals surface area contributed by atoms with Crippen LogP contribution in [0, 0.1) is 12.7 Å². The van der Waals surface area contributed by atoms with E-state index in [1.54, 1.807) is 17.0 Å². The molecule has 0 saturated carbocycles. The summed E-state index contributed by atoms with van der Waals surface area (Å²) in [6.45, 7) is 2.18. The van der Waals surface area contributed by atoms with Crippen LogP contribution in [0.15, 0.2) is 82.0 Å². The lowest BCUT2D eigenvalue weighted by Gasteiger charge is -2.17. The van der Waals surface area contributed by atoms with Gasteiger partial charge in [0.15, 0.2) is 5.76 Å². The summed E-state index contributed by atoms with van der Waals surface area (Å²) >= 11 is 1.13. The second-order valence-corrected chi connectivity index (χ2v) is 9.81. The Hall–Kier alpha value is -4.63. The average molecular weight is 509 g/mol. The number of rotatable bonds is 3. The molecule has 6 aromatic rings. The topological polar surface area (TPSA) is 80.7 Å². The molecule has 0 unspecified atom stereocenters. The van der Waals surface area contributed by atoms with Gasteiger partial charge in [-0.25, -0.2) is 4.39 Å². The molecule has 3 aromatic carbocycles. The number of thiazole rings is 1. The van der Waals surface area contributed by atoms with Crippen LogP contribution < -0.4 is 15.0 Å². The molecule has 37 heavy (non-hydrogen) atoms. The van der Waals surface area contributed by atoms with Crippen LogP contribution in [0.5, 0.6) is 0 Å². The summed E-state index contributed by atoms with van der Waals surface area (Å²) in [4.78, 5) is 33.7. The Morgan fingerprint density at radius 2 is 1.73 bits per heavy atom.